The van der Waals surface area contributed by atoms with Crippen LogP contribution < -0.4 is 10.7 Å². The minimum Gasteiger partial charge on any atom is -0.376 e. The summed E-state index contributed by atoms with van der Waals surface area (Å²) >= 11 is 0. The second-order valence-corrected chi connectivity index (χ2v) is 7.78. The highest BCUT2D eigenvalue weighted by atomic mass is 16.5. The van der Waals surface area contributed by atoms with E-state index in [1.54, 1.807) is 0 Å². The fraction of sp³-hybridized carbons (Fsp3) is 0.550. The normalized spacial score (nSPS) is 25.2. The van der Waals surface area contributed by atoms with Crippen LogP contribution in [0.5, 0.6) is 0 Å². The first-order valence-electron chi connectivity index (χ1n) is 9.23. The van der Waals surface area contributed by atoms with E-state index in [4.69, 9.17) is 4.74 Å². The molecule has 2 amide bonds. The van der Waals surface area contributed by atoms with Crippen LogP contribution in [0.25, 0.3) is 0 Å². The van der Waals surface area contributed by atoms with E-state index >= 15 is 0 Å². The first-order valence-corrected chi connectivity index (χ1v) is 9.23. The maximum absolute atomic E-state index is 12.3. The number of hydrazone groups is 1. The molecule has 0 saturated carbocycles. The van der Waals surface area contributed by atoms with Crippen molar-refractivity contribution in [2.75, 3.05) is 13.2 Å². The van der Waals surface area contributed by atoms with Crippen molar-refractivity contribution in [3.05, 3.63) is 35.9 Å². The highest BCUT2D eigenvalue weighted by Gasteiger charge is 2.41. The summed E-state index contributed by atoms with van der Waals surface area (Å²) in [6, 6.07) is 10.5. The van der Waals surface area contributed by atoms with Crippen LogP contribution >= 0.6 is 0 Å². The van der Waals surface area contributed by atoms with E-state index in [2.05, 4.69) is 54.0 Å². The number of amides is 2. The van der Waals surface area contributed by atoms with Crippen molar-refractivity contribution in [2.24, 2.45) is 5.10 Å². The summed E-state index contributed by atoms with van der Waals surface area (Å²) in [4.78, 5) is 23.4. The van der Waals surface area contributed by atoms with E-state index in [0.29, 0.717) is 31.7 Å². The molecule has 1 saturated heterocycles. The van der Waals surface area contributed by atoms with E-state index in [9.17, 15) is 9.59 Å². The first-order chi connectivity index (χ1) is 12.4. The van der Waals surface area contributed by atoms with Gasteiger partial charge in [0.15, 0.2) is 0 Å². The van der Waals surface area contributed by atoms with Gasteiger partial charge in [-0.1, -0.05) is 30.3 Å². The van der Waals surface area contributed by atoms with Crippen molar-refractivity contribution < 1.29 is 14.3 Å². The van der Waals surface area contributed by atoms with Gasteiger partial charge >= 0.3 is 0 Å². The topological polar surface area (TPSA) is 79.8 Å². The van der Waals surface area contributed by atoms with E-state index < -0.39 is 0 Å². The molecule has 3 rings (SSSR count). The number of carbonyl (C=O) groups is 2. The highest BCUT2D eigenvalue weighted by molar-refractivity contribution is 6.39. The summed E-state index contributed by atoms with van der Waals surface area (Å²) < 4.78 is 5.93. The van der Waals surface area contributed by atoms with E-state index in [1.807, 2.05) is 6.07 Å². The quantitative estimate of drug-likeness (QED) is 0.848. The lowest BCUT2D eigenvalue weighted by atomic mass is 9.67. The molecular weight excluding hydrogens is 330 g/mol. The van der Waals surface area contributed by atoms with Crippen molar-refractivity contribution in [1.29, 1.82) is 0 Å². The number of carbonyl (C=O) groups excluding carboxylic acids is 2. The molecule has 0 radical (unpaired) electrons. The number of nitrogens with zero attached hydrogens (tertiary/aromatic N) is 1. The number of ether oxygens (including phenoxy) is 1. The van der Waals surface area contributed by atoms with Crippen molar-refractivity contribution in [1.82, 2.24) is 10.7 Å². The summed E-state index contributed by atoms with van der Waals surface area (Å²) in [6.07, 6.45) is 3.40. The molecular formula is C20H27N3O3. The zero-order chi connectivity index (χ0) is 18.6. The number of nitrogens with one attached hydrogen (secondary N) is 2. The van der Waals surface area contributed by atoms with Crippen LogP contribution in [0.4, 0.5) is 0 Å². The van der Waals surface area contributed by atoms with Gasteiger partial charge in [0.2, 0.25) is 5.91 Å². The minimum absolute atomic E-state index is 0.0150. The smallest absolute Gasteiger partial charge is 0.267 e. The average Bonchev–Trinajstić information content (AvgIpc) is 2.62. The van der Waals surface area contributed by atoms with Crippen LogP contribution in [0.1, 0.15) is 51.5 Å². The largest absolute Gasteiger partial charge is 0.376 e. The second-order valence-electron chi connectivity index (χ2n) is 7.78. The van der Waals surface area contributed by atoms with Crippen molar-refractivity contribution in [3.63, 3.8) is 0 Å². The van der Waals surface area contributed by atoms with Crippen LogP contribution in [-0.4, -0.2) is 36.3 Å². The molecule has 2 aliphatic heterocycles. The molecule has 2 N–H and O–H groups in total. The van der Waals surface area contributed by atoms with Crippen molar-refractivity contribution in [3.8, 4) is 0 Å². The van der Waals surface area contributed by atoms with Gasteiger partial charge in [-0.25, -0.2) is 5.43 Å². The Hall–Kier alpha value is -2.21. The Labute approximate surface area is 154 Å². The molecule has 0 spiro atoms. The molecule has 0 aliphatic carbocycles. The van der Waals surface area contributed by atoms with Gasteiger partial charge in [-0.3, -0.25) is 9.59 Å². The zero-order valence-electron chi connectivity index (χ0n) is 15.5. The van der Waals surface area contributed by atoms with E-state index in [1.165, 1.54) is 5.56 Å². The number of hydrogen-bond acceptors (Lipinski definition) is 4. The van der Waals surface area contributed by atoms with Gasteiger partial charge in [-0.15, -0.1) is 0 Å². The van der Waals surface area contributed by atoms with Gasteiger partial charge in [0, 0.05) is 31.4 Å². The summed E-state index contributed by atoms with van der Waals surface area (Å²) in [5.74, 6) is -0.339. The first kappa shape index (κ1) is 18.6. The molecule has 0 unspecified atom stereocenters. The summed E-state index contributed by atoms with van der Waals surface area (Å²) in [5, 5.41) is 6.83. The Kier molecular flexibility index (Phi) is 5.41. The zero-order valence-corrected chi connectivity index (χ0v) is 15.5. The molecule has 0 aromatic heterocycles. The monoisotopic (exact) mass is 357 g/mol. The highest BCUT2D eigenvalue weighted by Crippen LogP contribution is 2.43. The maximum Gasteiger partial charge on any atom is 0.267 e. The Bertz CT molecular complexity index is 700. The Morgan fingerprint density at radius 3 is 2.69 bits per heavy atom. The fourth-order valence-corrected chi connectivity index (χ4v) is 4.03. The van der Waals surface area contributed by atoms with Gasteiger partial charge in [0.1, 0.15) is 5.71 Å². The lowest BCUT2D eigenvalue weighted by Crippen LogP contribution is -2.46. The molecule has 1 aromatic carbocycles. The number of hydrogen-bond donors (Lipinski definition) is 2. The molecule has 2 heterocycles. The van der Waals surface area contributed by atoms with Gasteiger partial charge in [-0.2, -0.15) is 5.10 Å². The third-order valence-electron chi connectivity index (χ3n) is 5.28. The van der Waals surface area contributed by atoms with Gasteiger partial charge in [0.05, 0.1) is 5.60 Å². The average molecular weight is 357 g/mol. The number of benzene rings is 1. The molecule has 1 aromatic rings. The third-order valence-corrected chi connectivity index (χ3v) is 5.28. The predicted molar refractivity (Wildman–Crippen MR) is 99.8 cm³/mol. The second kappa shape index (κ2) is 7.58. The Balaban J connectivity index is 1.67. The molecule has 1 fully saturated rings. The molecule has 6 nitrogen and oxygen atoms in total. The third kappa shape index (κ3) is 4.30. The van der Waals surface area contributed by atoms with Crippen LogP contribution in [0.15, 0.2) is 35.4 Å². The fourth-order valence-electron chi connectivity index (χ4n) is 4.03. The predicted octanol–water partition coefficient (Wildman–Crippen LogP) is 2.29. The summed E-state index contributed by atoms with van der Waals surface area (Å²) in [5.41, 5.74) is 3.86. The van der Waals surface area contributed by atoms with Crippen LogP contribution in [0.2, 0.25) is 0 Å². The maximum atomic E-state index is 12.3. The molecule has 2 aliphatic rings. The van der Waals surface area contributed by atoms with Crippen LogP contribution in [0.3, 0.4) is 0 Å². The van der Waals surface area contributed by atoms with Gasteiger partial charge in [-0.05, 0) is 38.7 Å². The molecule has 6 heteroatoms. The summed E-state index contributed by atoms with van der Waals surface area (Å²) in [6.45, 7) is 5.54. The summed E-state index contributed by atoms with van der Waals surface area (Å²) in [7, 11) is 0. The van der Waals surface area contributed by atoms with Crippen LogP contribution in [0, 0.1) is 0 Å². The Morgan fingerprint density at radius 2 is 2.04 bits per heavy atom. The van der Waals surface area contributed by atoms with Crippen molar-refractivity contribution >= 4 is 17.5 Å². The van der Waals surface area contributed by atoms with Gasteiger partial charge < -0.3 is 10.1 Å². The minimum atomic E-state index is -0.195. The van der Waals surface area contributed by atoms with Crippen LogP contribution in [-0.2, 0) is 19.7 Å². The van der Waals surface area contributed by atoms with E-state index in [-0.39, 0.29) is 22.8 Å². The molecule has 1 atom stereocenters. The van der Waals surface area contributed by atoms with Gasteiger partial charge in [0.25, 0.3) is 5.91 Å². The lowest BCUT2D eigenvalue weighted by Gasteiger charge is -2.45. The Morgan fingerprint density at radius 1 is 1.27 bits per heavy atom. The lowest BCUT2D eigenvalue weighted by molar-refractivity contribution is -0.121. The van der Waals surface area contributed by atoms with Crippen molar-refractivity contribution in [2.45, 2.75) is 57.0 Å². The standard InChI is InChI=1S/C20H27N3O3/c1-19(2)14-20(11-13-26-19,15-6-4-3-5-7-15)10-12-21-18(25)16-8-9-17(24)23-22-16/h3-7H,8-14H2,1-2H3,(H,21,25)(H,23,24)/t20-/m0/s1. The molecule has 0 bridgehead atoms. The SMILES string of the molecule is CC1(C)C[C@@](CCNC(=O)C2=NNC(=O)CC2)(c2ccccc2)CCO1. The molecule has 140 valence electrons. The number of rotatable bonds is 5. The van der Waals surface area contributed by atoms with E-state index in [0.717, 1.165) is 19.3 Å². The molecule has 26 heavy (non-hydrogen) atoms.